The van der Waals surface area contributed by atoms with Crippen LogP contribution in [0.4, 0.5) is 11.9 Å². The van der Waals surface area contributed by atoms with Gasteiger partial charge in [-0.1, -0.05) is 0 Å². The Bertz CT molecular complexity index is 459. The van der Waals surface area contributed by atoms with Crippen molar-refractivity contribution in [2.24, 2.45) is 5.84 Å². The summed E-state index contributed by atoms with van der Waals surface area (Å²) in [7, 11) is -0.741. The molecule has 8 nitrogen and oxygen atoms in total. The van der Waals surface area contributed by atoms with Gasteiger partial charge in [0.2, 0.25) is 11.9 Å². The molecule has 1 aromatic heterocycles. The molecule has 0 aromatic carbocycles. The summed E-state index contributed by atoms with van der Waals surface area (Å²) in [6.07, 6.45) is -0.0327. The number of hydrogen-bond acceptors (Lipinski definition) is 8. The van der Waals surface area contributed by atoms with Gasteiger partial charge in [-0.25, -0.2) is 5.84 Å². The van der Waals surface area contributed by atoms with Crippen LogP contribution in [0.3, 0.4) is 0 Å². The van der Waals surface area contributed by atoms with E-state index in [1.165, 1.54) is 0 Å². The lowest BCUT2D eigenvalue weighted by Gasteiger charge is -2.26. The van der Waals surface area contributed by atoms with Crippen LogP contribution in [0.5, 0.6) is 6.01 Å². The minimum absolute atomic E-state index is 0.0327. The molecule has 3 N–H and O–H groups in total. The fourth-order valence-corrected chi connectivity index (χ4v) is 2.71. The Kier molecular flexibility index (Phi) is 4.48. The lowest BCUT2D eigenvalue weighted by molar-refractivity contribution is 0.222. The average Bonchev–Trinajstić information content (AvgIpc) is 2.38. The largest absolute Gasteiger partial charge is 0.461 e. The van der Waals surface area contributed by atoms with Crippen molar-refractivity contribution in [3.05, 3.63) is 0 Å². The molecule has 2 heterocycles. The molecule has 0 aliphatic carbocycles. The van der Waals surface area contributed by atoms with Crippen molar-refractivity contribution in [1.29, 1.82) is 0 Å². The number of rotatable bonds is 4. The normalized spacial score (nSPS) is 16.7. The summed E-state index contributed by atoms with van der Waals surface area (Å²) in [6.45, 7) is 5.09. The van der Waals surface area contributed by atoms with Crippen LogP contribution in [0.2, 0.25) is 0 Å². The number of nitrogens with zero attached hydrogens (tertiary/aromatic N) is 4. The number of nitrogen functional groups attached to an aromatic ring is 1. The summed E-state index contributed by atoms with van der Waals surface area (Å²) in [5.41, 5.74) is 2.40. The Morgan fingerprint density at radius 2 is 2.00 bits per heavy atom. The summed E-state index contributed by atoms with van der Waals surface area (Å²) >= 11 is 0. The predicted octanol–water partition coefficient (Wildman–Crippen LogP) is -0.487. The Morgan fingerprint density at radius 3 is 2.58 bits per heavy atom. The van der Waals surface area contributed by atoms with Crippen molar-refractivity contribution >= 4 is 22.7 Å². The van der Waals surface area contributed by atoms with Gasteiger partial charge in [0.25, 0.3) is 0 Å². The molecule has 0 bridgehead atoms. The lowest BCUT2D eigenvalue weighted by Crippen LogP contribution is -2.39. The summed E-state index contributed by atoms with van der Waals surface area (Å²) in [4.78, 5) is 14.4. The van der Waals surface area contributed by atoms with Crippen LogP contribution in [-0.2, 0) is 10.8 Å². The van der Waals surface area contributed by atoms with Crippen LogP contribution < -0.4 is 20.9 Å². The number of ether oxygens (including phenoxy) is 1. The molecule has 9 heteroatoms. The molecule has 0 spiro atoms. The quantitative estimate of drug-likeness (QED) is 0.564. The topological polar surface area (TPSA) is 106 Å². The monoisotopic (exact) mass is 286 g/mol. The second-order valence-electron chi connectivity index (χ2n) is 4.39. The predicted molar refractivity (Wildman–Crippen MR) is 73.5 cm³/mol. The highest BCUT2D eigenvalue weighted by Crippen LogP contribution is 2.17. The minimum Gasteiger partial charge on any atom is -0.461 e. The molecule has 0 radical (unpaired) electrons. The van der Waals surface area contributed by atoms with Crippen molar-refractivity contribution in [3.8, 4) is 6.01 Å². The van der Waals surface area contributed by atoms with Crippen LogP contribution in [0.15, 0.2) is 0 Å². The second-order valence-corrected chi connectivity index (χ2v) is 6.08. The van der Waals surface area contributed by atoms with Gasteiger partial charge in [0.1, 0.15) is 0 Å². The number of hydrazine groups is 1. The number of aromatic nitrogens is 3. The third kappa shape index (κ3) is 3.74. The summed E-state index contributed by atoms with van der Waals surface area (Å²) < 4.78 is 16.8. The first-order chi connectivity index (χ1) is 9.08. The van der Waals surface area contributed by atoms with Crippen molar-refractivity contribution in [2.75, 3.05) is 34.9 Å². The zero-order valence-electron chi connectivity index (χ0n) is 11.0. The molecule has 0 atom stereocenters. The molecule has 2 rings (SSSR count). The van der Waals surface area contributed by atoms with E-state index >= 15 is 0 Å². The molecule has 1 saturated heterocycles. The zero-order valence-corrected chi connectivity index (χ0v) is 11.8. The van der Waals surface area contributed by atoms with E-state index in [2.05, 4.69) is 20.4 Å². The minimum atomic E-state index is -0.741. The number of nitrogens with two attached hydrogens (primary N) is 1. The first-order valence-electron chi connectivity index (χ1n) is 6.07. The highest BCUT2D eigenvalue weighted by atomic mass is 32.2. The van der Waals surface area contributed by atoms with Gasteiger partial charge in [-0.15, -0.1) is 0 Å². The van der Waals surface area contributed by atoms with Gasteiger partial charge in [0, 0.05) is 35.4 Å². The Labute approximate surface area is 114 Å². The van der Waals surface area contributed by atoms with E-state index in [1.54, 1.807) is 0 Å². The molecule has 19 heavy (non-hydrogen) atoms. The van der Waals surface area contributed by atoms with E-state index < -0.39 is 10.8 Å². The van der Waals surface area contributed by atoms with E-state index in [0.29, 0.717) is 30.5 Å². The van der Waals surface area contributed by atoms with E-state index in [0.717, 1.165) is 0 Å². The van der Waals surface area contributed by atoms with E-state index in [1.807, 2.05) is 18.7 Å². The summed E-state index contributed by atoms with van der Waals surface area (Å²) in [6, 6.07) is 0.236. The molecule has 106 valence electrons. The maximum atomic E-state index is 11.3. The lowest BCUT2D eigenvalue weighted by atomic mass is 10.5. The van der Waals surface area contributed by atoms with Crippen LogP contribution in [0.1, 0.15) is 13.8 Å². The maximum absolute atomic E-state index is 11.3. The van der Waals surface area contributed by atoms with E-state index in [4.69, 9.17) is 10.6 Å². The summed E-state index contributed by atoms with van der Waals surface area (Å²) in [5.74, 6) is 7.34. The molecular weight excluding hydrogens is 268 g/mol. The molecule has 1 fully saturated rings. The smallest absolute Gasteiger partial charge is 0.323 e. The molecule has 1 aromatic rings. The SMILES string of the molecule is CC(C)Oc1nc(NN)nc(N2CCS(=O)CC2)n1. The highest BCUT2D eigenvalue weighted by molar-refractivity contribution is 7.85. The van der Waals surface area contributed by atoms with Crippen molar-refractivity contribution in [3.63, 3.8) is 0 Å². The molecule has 1 aliphatic heterocycles. The van der Waals surface area contributed by atoms with Crippen molar-refractivity contribution in [1.82, 2.24) is 15.0 Å². The Balaban J connectivity index is 2.21. The van der Waals surface area contributed by atoms with E-state index in [-0.39, 0.29) is 18.1 Å². The first kappa shape index (κ1) is 13.9. The van der Waals surface area contributed by atoms with Gasteiger partial charge in [-0.05, 0) is 13.8 Å². The van der Waals surface area contributed by atoms with Crippen LogP contribution in [0, 0.1) is 0 Å². The van der Waals surface area contributed by atoms with Crippen LogP contribution in [-0.4, -0.2) is 49.9 Å². The fraction of sp³-hybridized carbons (Fsp3) is 0.700. The molecular formula is C10H18N6O2S. The van der Waals surface area contributed by atoms with Gasteiger partial charge in [0.05, 0.1) is 6.10 Å². The fourth-order valence-electron chi connectivity index (χ4n) is 1.65. The molecule has 0 saturated carbocycles. The molecule has 0 amide bonds. The van der Waals surface area contributed by atoms with Gasteiger partial charge in [-0.2, -0.15) is 15.0 Å². The second kappa shape index (κ2) is 6.11. The third-order valence-corrected chi connectivity index (χ3v) is 3.81. The van der Waals surface area contributed by atoms with Crippen molar-refractivity contribution < 1.29 is 8.95 Å². The summed E-state index contributed by atoms with van der Waals surface area (Å²) in [5, 5.41) is 0. The van der Waals surface area contributed by atoms with E-state index in [9.17, 15) is 4.21 Å². The molecule has 1 aliphatic rings. The molecule has 0 unspecified atom stereocenters. The Hall–Kier alpha value is -1.48. The maximum Gasteiger partial charge on any atom is 0.323 e. The number of hydrogen-bond donors (Lipinski definition) is 2. The van der Waals surface area contributed by atoms with Crippen LogP contribution >= 0.6 is 0 Å². The van der Waals surface area contributed by atoms with Crippen LogP contribution in [0.25, 0.3) is 0 Å². The van der Waals surface area contributed by atoms with Crippen molar-refractivity contribution in [2.45, 2.75) is 20.0 Å². The highest BCUT2D eigenvalue weighted by Gasteiger charge is 2.19. The third-order valence-electron chi connectivity index (χ3n) is 2.53. The standard InChI is InChI=1S/C10H18N6O2S/c1-7(2)18-10-13-8(15-11)12-9(14-10)16-3-5-19(17)6-4-16/h7H,3-6,11H2,1-2H3,(H,12,13,14,15). The number of nitrogens with one attached hydrogen (secondary N) is 1. The zero-order chi connectivity index (χ0) is 13.8. The first-order valence-corrected chi connectivity index (χ1v) is 7.56. The average molecular weight is 286 g/mol. The van der Waals surface area contributed by atoms with Gasteiger partial charge >= 0.3 is 6.01 Å². The Morgan fingerprint density at radius 1 is 1.32 bits per heavy atom. The van der Waals surface area contributed by atoms with Gasteiger partial charge in [-0.3, -0.25) is 9.63 Å². The van der Waals surface area contributed by atoms with Gasteiger partial charge < -0.3 is 9.64 Å². The number of anilines is 2. The van der Waals surface area contributed by atoms with Gasteiger partial charge in [0.15, 0.2) is 0 Å².